The monoisotopic (exact) mass is 473 g/mol. The van der Waals surface area contributed by atoms with Crippen LogP contribution in [0.1, 0.15) is 49.7 Å². The number of carbonyl (C=O) groups excluding carboxylic acids is 1. The summed E-state index contributed by atoms with van der Waals surface area (Å²) < 4.78 is 0. The van der Waals surface area contributed by atoms with Crippen LogP contribution in [0.25, 0.3) is 22.5 Å². The lowest BCUT2D eigenvalue weighted by Gasteiger charge is -2.31. The Morgan fingerprint density at radius 2 is 1.77 bits per heavy atom. The normalized spacial score (nSPS) is 18.0. The minimum atomic E-state index is 0.358. The van der Waals surface area contributed by atoms with Gasteiger partial charge in [0.15, 0.2) is 5.82 Å². The van der Waals surface area contributed by atoms with Crippen LogP contribution in [0.3, 0.4) is 0 Å². The van der Waals surface area contributed by atoms with Crippen LogP contribution in [0, 0.1) is 10.8 Å². The van der Waals surface area contributed by atoms with E-state index >= 15 is 0 Å². The van der Waals surface area contributed by atoms with E-state index in [1.165, 1.54) is 50.7 Å². The van der Waals surface area contributed by atoms with Crippen LogP contribution in [-0.4, -0.2) is 53.8 Å². The van der Waals surface area contributed by atoms with Gasteiger partial charge in [-0.3, -0.25) is 9.79 Å². The molecule has 1 aromatic carbocycles. The second-order valence-electron chi connectivity index (χ2n) is 9.14. The van der Waals surface area contributed by atoms with Gasteiger partial charge in [-0.2, -0.15) is 0 Å². The molecule has 8 heteroatoms. The lowest BCUT2D eigenvalue weighted by atomic mass is 9.73. The van der Waals surface area contributed by atoms with Crippen molar-refractivity contribution in [2.75, 3.05) is 20.6 Å². The Morgan fingerprint density at radius 3 is 2.31 bits per heavy atom. The van der Waals surface area contributed by atoms with Gasteiger partial charge in [0.2, 0.25) is 5.91 Å². The van der Waals surface area contributed by atoms with Crippen molar-refractivity contribution in [2.45, 2.75) is 38.5 Å². The van der Waals surface area contributed by atoms with Crippen LogP contribution < -0.4 is 11.5 Å². The van der Waals surface area contributed by atoms with Crippen LogP contribution in [0.15, 0.2) is 54.1 Å². The van der Waals surface area contributed by atoms with Crippen LogP contribution in [-0.2, 0) is 4.79 Å². The van der Waals surface area contributed by atoms with Gasteiger partial charge in [-0.15, -0.1) is 0 Å². The van der Waals surface area contributed by atoms with Crippen LogP contribution in [0.2, 0.25) is 0 Å². The van der Waals surface area contributed by atoms with E-state index in [0.717, 1.165) is 29.7 Å². The highest BCUT2D eigenvalue weighted by atomic mass is 16.2. The van der Waals surface area contributed by atoms with Gasteiger partial charge in [-0.25, -0.2) is 9.97 Å². The number of rotatable bonds is 5. The molecular weight excluding hydrogens is 438 g/mol. The molecule has 2 aromatic rings. The second-order valence-corrected chi connectivity index (χ2v) is 9.14. The third-order valence-electron chi connectivity index (χ3n) is 6.66. The van der Waals surface area contributed by atoms with Gasteiger partial charge in [-0.05, 0) is 29.9 Å². The fourth-order valence-electron chi connectivity index (χ4n) is 4.78. The molecule has 8 nitrogen and oxygen atoms in total. The number of benzene rings is 1. The van der Waals surface area contributed by atoms with E-state index in [9.17, 15) is 4.79 Å². The lowest BCUT2D eigenvalue weighted by Crippen LogP contribution is -2.27. The SMILES string of the molecule is CN1CC2(CCCCC2)CC1=O.CN=C/C(=C\N)c1cccc(-c2ncc(/C(C=N)=C/N)cn2)c1. The summed E-state index contributed by atoms with van der Waals surface area (Å²) in [7, 11) is 3.63. The zero-order valence-electron chi connectivity index (χ0n) is 20.6. The van der Waals surface area contributed by atoms with Crippen LogP contribution in [0.5, 0.6) is 0 Å². The minimum Gasteiger partial charge on any atom is -0.404 e. The van der Waals surface area contributed by atoms with Gasteiger partial charge < -0.3 is 21.8 Å². The Labute approximate surface area is 207 Å². The highest BCUT2D eigenvalue weighted by Crippen LogP contribution is 2.43. The predicted molar refractivity (Wildman–Crippen MR) is 143 cm³/mol. The number of likely N-dealkylation sites (tertiary alicyclic amines) is 1. The molecule has 2 heterocycles. The molecule has 0 bridgehead atoms. The molecule has 4 rings (SSSR count). The summed E-state index contributed by atoms with van der Waals surface area (Å²) in [6.45, 7) is 1.02. The number of hydrogen-bond acceptors (Lipinski definition) is 7. The Bertz CT molecular complexity index is 1110. The molecule has 1 amide bonds. The number of hydrogen-bond donors (Lipinski definition) is 3. The largest absolute Gasteiger partial charge is 0.404 e. The predicted octanol–water partition coefficient (Wildman–Crippen LogP) is 3.89. The average Bonchev–Trinajstić information content (AvgIpc) is 3.16. The standard InChI is InChI=1S/C17H18N6.C10H17NO/c1-21-9-15(8-20)12-3-2-4-13(5-12)17-22-10-16(11-23-17)14(6-18)7-19;1-11-8-10(7-9(11)12)5-3-2-4-6-10/h2-11,18H,19-20H2,1H3;2-8H2,1H3/b14-7+,15-8+,18-6?,21-9?;. The molecule has 35 heavy (non-hydrogen) atoms. The molecule has 1 saturated carbocycles. The molecule has 0 atom stereocenters. The van der Waals surface area contributed by atoms with Crippen molar-refractivity contribution in [3.8, 4) is 11.4 Å². The van der Waals surface area contributed by atoms with E-state index in [0.29, 0.717) is 28.3 Å². The summed E-state index contributed by atoms with van der Waals surface area (Å²) in [6, 6.07) is 7.73. The average molecular weight is 474 g/mol. The first-order chi connectivity index (χ1) is 16.9. The summed E-state index contributed by atoms with van der Waals surface area (Å²) >= 11 is 0. The highest BCUT2D eigenvalue weighted by Gasteiger charge is 2.41. The fourth-order valence-corrected chi connectivity index (χ4v) is 4.78. The van der Waals surface area contributed by atoms with Gasteiger partial charge in [-0.1, -0.05) is 37.5 Å². The smallest absolute Gasteiger partial charge is 0.222 e. The summed E-state index contributed by atoms with van der Waals surface area (Å²) in [5.74, 6) is 0.943. The van der Waals surface area contributed by atoms with E-state index in [1.54, 1.807) is 25.7 Å². The Morgan fingerprint density at radius 1 is 1.09 bits per heavy atom. The van der Waals surface area contributed by atoms with Gasteiger partial charge >= 0.3 is 0 Å². The van der Waals surface area contributed by atoms with Crippen molar-refractivity contribution < 1.29 is 4.79 Å². The van der Waals surface area contributed by atoms with E-state index in [2.05, 4.69) is 15.0 Å². The Kier molecular flexibility index (Phi) is 8.89. The van der Waals surface area contributed by atoms with Crippen molar-refractivity contribution in [3.63, 3.8) is 0 Å². The molecule has 1 saturated heterocycles. The number of amides is 1. The number of carbonyl (C=O) groups is 1. The summed E-state index contributed by atoms with van der Waals surface area (Å²) in [5, 5.41) is 7.29. The zero-order valence-corrected chi connectivity index (χ0v) is 20.6. The van der Waals surface area contributed by atoms with Crippen LogP contribution in [0.4, 0.5) is 0 Å². The lowest BCUT2D eigenvalue weighted by molar-refractivity contribution is -0.126. The second kappa shape index (κ2) is 12.1. The summed E-state index contributed by atoms with van der Waals surface area (Å²) in [5.41, 5.74) is 15.4. The maximum Gasteiger partial charge on any atom is 0.222 e. The number of aromatic nitrogens is 2. The number of allylic oxidation sites excluding steroid dienone is 2. The zero-order chi connectivity index (χ0) is 25.3. The summed E-state index contributed by atoms with van der Waals surface area (Å²) in [4.78, 5) is 26.0. The molecule has 1 aliphatic carbocycles. The van der Waals surface area contributed by atoms with Gasteiger partial charge in [0.05, 0.1) is 0 Å². The van der Waals surface area contributed by atoms with Gasteiger partial charge in [0.25, 0.3) is 0 Å². The number of nitrogens with two attached hydrogens (primary N) is 2. The van der Waals surface area contributed by atoms with Crippen molar-refractivity contribution in [1.82, 2.24) is 14.9 Å². The first-order valence-corrected chi connectivity index (χ1v) is 11.9. The molecular formula is C27H35N7O. The molecule has 5 N–H and O–H groups in total. The number of nitrogens with zero attached hydrogens (tertiary/aromatic N) is 4. The van der Waals surface area contributed by atoms with Crippen molar-refractivity contribution in [1.29, 1.82) is 5.41 Å². The summed E-state index contributed by atoms with van der Waals surface area (Å²) in [6.07, 6.45) is 16.5. The first-order valence-electron chi connectivity index (χ1n) is 11.9. The third kappa shape index (κ3) is 6.41. The molecule has 184 valence electrons. The molecule has 1 aromatic heterocycles. The maximum atomic E-state index is 11.4. The van der Waals surface area contributed by atoms with E-state index in [-0.39, 0.29) is 0 Å². The molecule has 0 radical (unpaired) electrons. The van der Waals surface area contributed by atoms with Crippen LogP contribution >= 0.6 is 0 Å². The molecule has 1 spiro atoms. The van der Waals surface area contributed by atoms with Gasteiger partial charge in [0.1, 0.15) is 0 Å². The highest BCUT2D eigenvalue weighted by molar-refractivity contribution is 6.10. The molecule has 1 aliphatic heterocycles. The first kappa shape index (κ1) is 25.8. The van der Waals surface area contributed by atoms with E-state index in [1.807, 2.05) is 36.2 Å². The Hall–Kier alpha value is -3.81. The van der Waals surface area contributed by atoms with E-state index in [4.69, 9.17) is 16.9 Å². The molecule has 2 aliphatic rings. The molecule has 2 fully saturated rings. The fraction of sp³-hybridized carbons (Fsp3) is 0.370. The van der Waals surface area contributed by atoms with Crippen molar-refractivity contribution in [2.24, 2.45) is 21.9 Å². The number of aliphatic imine (C=N–C) groups is 1. The molecule has 0 unspecified atom stereocenters. The quantitative estimate of drug-likeness (QED) is 0.566. The number of nitrogens with one attached hydrogen (secondary N) is 1. The van der Waals surface area contributed by atoms with Crippen molar-refractivity contribution in [3.05, 3.63) is 60.2 Å². The third-order valence-corrected chi connectivity index (χ3v) is 6.66. The van der Waals surface area contributed by atoms with E-state index < -0.39 is 0 Å². The Balaban J connectivity index is 0.000000237. The topological polar surface area (TPSA) is 134 Å². The minimum absolute atomic E-state index is 0.358. The maximum absolute atomic E-state index is 11.4. The van der Waals surface area contributed by atoms with Crippen molar-refractivity contribution >= 4 is 29.5 Å². The van der Waals surface area contributed by atoms with Gasteiger partial charge in [0, 0.05) is 86.6 Å².